The highest BCUT2D eigenvalue weighted by molar-refractivity contribution is 5.72. The van der Waals surface area contributed by atoms with E-state index in [1.807, 2.05) is 0 Å². The number of hydrogen-bond acceptors (Lipinski definition) is 5. The number of esters is 2. The van der Waals surface area contributed by atoms with E-state index in [0.717, 1.165) is 0 Å². The summed E-state index contributed by atoms with van der Waals surface area (Å²) in [7, 11) is 1.52. The van der Waals surface area contributed by atoms with Gasteiger partial charge in [0.05, 0.1) is 6.61 Å². The van der Waals surface area contributed by atoms with E-state index in [2.05, 4.69) is 0 Å². The van der Waals surface area contributed by atoms with E-state index < -0.39 is 5.60 Å². The molecule has 0 bridgehead atoms. The SMILES string of the molecule is CCC(=O)OCC1(COC)CCC(=O)O1. The summed E-state index contributed by atoms with van der Waals surface area (Å²) in [6.45, 7) is 2.06. The molecule has 0 spiro atoms. The summed E-state index contributed by atoms with van der Waals surface area (Å²) in [5.74, 6) is -0.562. The summed E-state index contributed by atoms with van der Waals surface area (Å²) < 4.78 is 15.1. The highest BCUT2D eigenvalue weighted by Gasteiger charge is 2.41. The first kappa shape index (κ1) is 12.0. The predicted octanol–water partition coefficient (Wildman–Crippen LogP) is 0.662. The van der Waals surface area contributed by atoms with Crippen molar-refractivity contribution in [3.8, 4) is 0 Å². The van der Waals surface area contributed by atoms with E-state index in [-0.39, 0.29) is 25.2 Å². The van der Waals surface area contributed by atoms with Crippen LogP contribution in [-0.4, -0.2) is 37.9 Å². The third-order valence-corrected chi connectivity index (χ3v) is 2.31. The minimum absolute atomic E-state index is 0.0826. The van der Waals surface area contributed by atoms with Gasteiger partial charge in [0.1, 0.15) is 6.61 Å². The third kappa shape index (κ3) is 3.20. The Balaban J connectivity index is 2.50. The van der Waals surface area contributed by atoms with Crippen molar-refractivity contribution in [2.45, 2.75) is 31.8 Å². The van der Waals surface area contributed by atoms with E-state index >= 15 is 0 Å². The van der Waals surface area contributed by atoms with Crippen LogP contribution < -0.4 is 0 Å². The Morgan fingerprint density at radius 2 is 2.27 bits per heavy atom. The van der Waals surface area contributed by atoms with Crippen LogP contribution in [0.5, 0.6) is 0 Å². The molecule has 5 heteroatoms. The maximum atomic E-state index is 11.0. The zero-order valence-corrected chi connectivity index (χ0v) is 9.08. The smallest absolute Gasteiger partial charge is 0.306 e. The molecule has 86 valence electrons. The summed E-state index contributed by atoms with van der Waals surface area (Å²) in [5, 5.41) is 0. The molecule has 0 N–H and O–H groups in total. The molecule has 1 saturated heterocycles. The zero-order chi connectivity index (χ0) is 11.3. The number of carbonyl (C=O) groups excluding carboxylic acids is 2. The summed E-state index contributed by atoms with van der Waals surface area (Å²) in [6, 6.07) is 0. The van der Waals surface area contributed by atoms with Crippen LogP contribution in [0.25, 0.3) is 0 Å². The van der Waals surface area contributed by atoms with Gasteiger partial charge in [-0.2, -0.15) is 0 Å². The molecule has 15 heavy (non-hydrogen) atoms. The second-order valence-corrected chi connectivity index (χ2v) is 3.60. The molecule has 0 aromatic rings. The van der Waals surface area contributed by atoms with Gasteiger partial charge in [0.25, 0.3) is 0 Å². The predicted molar refractivity (Wildman–Crippen MR) is 51.2 cm³/mol. The number of cyclic esters (lactones) is 1. The summed E-state index contributed by atoms with van der Waals surface area (Å²) in [4.78, 5) is 22.0. The van der Waals surface area contributed by atoms with Crippen molar-refractivity contribution in [1.29, 1.82) is 0 Å². The van der Waals surface area contributed by atoms with Gasteiger partial charge in [-0.3, -0.25) is 9.59 Å². The molecule has 1 rings (SSSR count). The zero-order valence-electron chi connectivity index (χ0n) is 9.08. The molecule has 0 radical (unpaired) electrons. The molecule has 0 amide bonds. The molecule has 0 aromatic carbocycles. The number of methoxy groups -OCH3 is 1. The van der Waals surface area contributed by atoms with E-state index in [4.69, 9.17) is 14.2 Å². The van der Waals surface area contributed by atoms with Crippen LogP contribution in [0, 0.1) is 0 Å². The van der Waals surface area contributed by atoms with Crippen LogP contribution >= 0.6 is 0 Å². The van der Waals surface area contributed by atoms with E-state index in [1.165, 1.54) is 7.11 Å². The van der Waals surface area contributed by atoms with Gasteiger partial charge in [-0.25, -0.2) is 0 Å². The Bertz CT molecular complexity index is 250. The molecule has 0 aliphatic carbocycles. The van der Waals surface area contributed by atoms with Gasteiger partial charge >= 0.3 is 11.9 Å². The van der Waals surface area contributed by atoms with Crippen molar-refractivity contribution in [2.75, 3.05) is 20.3 Å². The lowest BCUT2D eigenvalue weighted by atomic mass is 10.0. The van der Waals surface area contributed by atoms with Crippen LogP contribution in [0.15, 0.2) is 0 Å². The second kappa shape index (κ2) is 5.11. The molecule has 5 nitrogen and oxygen atoms in total. The lowest BCUT2D eigenvalue weighted by Crippen LogP contribution is -2.40. The molecule has 1 aliphatic rings. The molecule has 1 unspecified atom stereocenters. The molecule has 1 fully saturated rings. The first-order valence-corrected chi connectivity index (χ1v) is 4.98. The van der Waals surface area contributed by atoms with Crippen molar-refractivity contribution in [3.05, 3.63) is 0 Å². The number of hydrogen-bond donors (Lipinski definition) is 0. The molecule has 1 heterocycles. The molecular weight excluding hydrogens is 200 g/mol. The van der Waals surface area contributed by atoms with Crippen LogP contribution in [0.4, 0.5) is 0 Å². The Hall–Kier alpha value is -1.10. The van der Waals surface area contributed by atoms with E-state index in [1.54, 1.807) is 6.92 Å². The lowest BCUT2D eigenvalue weighted by molar-refractivity contribution is -0.167. The van der Waals surface area contributed by atoms with Crippen LogP contribution in [0.3, 0.4) is 0 Å². The van der Waals surface area contributed by atoms with Gasteiger partial charge < -0.3 is 14.2 Å². The van der Waals surface area contributed by atoms with Crippen molar-refractivity contribution in [3.63, 3.8) is 0 Å². The van der Waals surface area contributed by atoms with E-state index in [9.17, 15) is 9.59 Å². The van der Waals surface area contributed by atoms with Gasteiger partial charge in [0.15, 0.2) is 5.60 Å². The maximum absolute atomic E-state index is 11.0. The minimum Gasteiger partial charge on any atom is -0.461 e. The second-order valence-electron chi connectivity index (χ2n) is 3.60. The van der Waals surface area contributed by atoms with Gasteiger partial charge in [-0.15, -0.1) is 0 Å². The van der Waals surface area contributed by atoms with Gasteiger partial charge in [0, 0.05) is 26.4 Å². The minimum atomic E-state index is -0.767. The summed E-state index contributed by atoms with van der Waals surface area (Å²) in [5.41, 5.74) is -0.767. The molecule has 1 aliphatic heterocycles. The van der Waals surface area contributed by atoms with Crippen LogP contribution in [0.2, 0.25) is 0 Å². The number of carbonyl (C=O) groups is 2. The average Bonchev–Trinajstić information content (AvgIpc) is 2.58. The van der Waals surface area contributed by atoms with Crippen molar-refractivity contribution < 1.29 is 23.8 Å². The standard InChI is InChI=1S/C10H16O5/c1-3-8(11)14-7-10(6-13-2)5-4-9(12)15-10/h3-7H2,1-2H3. The summed E-state index contributed by atoms with van der Waals surface area (Å²) in [6.07, 6.45) is 1.21. The molecule has 0 saturated carbocycles. The quantitative estimate of drug-likeness (QED) is 0.632. The normalized spacial score (nSPS) is 25.1. The summed E-state index contributed by atoms with van der Waals surface area (Å²) >= 11 is 0. The Kier molecular flexibility index (Phi) is 4.08. The Morgan fingerprint density at radius 3 is 2.73 bits per heavy atom. The first-order chi connectivity index (χ1) is 7.12. The third-order valence-electron chi connectivity index (χ3n) is 2.31. The van der Waals surface area contributed by atoms with Crippen LogP contribution in [-0.2, 0) is 23.8 Å². The lowest BCUT2D eigenvalue weighted by Gasteiger charge is -2.25. The molecular formula is C10H16O5. The Morgan fingerprint density at radius 1 is 1.53 bits per heavy atom. The topological polar surface area (TPSA) is 61.8 Å². The van der Waals surface area contributed by atoms with Gasteiger partial charge in [-0.1, -0.05) is 6.92 Å². The average molecular weight is 216 g/mol. The largest absolute Gasteiger partial charge is 0.461 e. The van der Waals surface area contributed by atoms with Crippen molar-refractivity contribution in [1.82, 2.24) is 0 Å². The Labute approximate surface area is 88.7 Å². The molecule has 0 aromatic heterocycles. The van der Waals surface area contributed by atoms with Crippen molar-refractivity contribution in [2.24, 2.45) is 0 Å². The van der Waals surface area contributed by atoms with E-state index in [0.29, 0.717) is 19.3 Å². The fourth-order valence-electron chi connectivity index (χ4n) is 1.50. The highest BCUT2D eigenvalue weighted by atomic mass is 16.6. The number of rotatable bonds is 5. The fourth-order valence-corrected chi connectivity index (χ4v) is 1.50. The van der Waals surface area contributed by atoms with Gasteiger partial charge in [-0.05, 0) is 0 Å². The molecule has 1 atom stereocenters. The van der Waals surface area contributed by atoms with Gasteiger partial charge in [0.2, 0.25) is 0 Å². The van der Waals surface area contributed by atoms with Crippen molar-refractivity contribution >= 4 is 11.9 Å². The first-order valence-electron chi connectivity index (χ1n) is 4.98. The maximum Gasteiger partial charge on any atom is 0.306 e. The highest BCUT2D eigenvalue weighted by Crippen LogP contribution is 2.27. The van der Waals surface area contributed by atoms with Crippen LogP contribution in [0.1, 0.15) is 26.2 Å². The number of ether oxygens (including phenoxy) is 3. The monoisotopic (exact) mass is 216 g/mol. The fraction of sp³-hybridized carbons (Fsp3) is 0.800.